The molecule has 0 aliphatic carbocycles. The van der Waals surface area contributed by atoms with Crippen LogP contribution >= 0.6 is 15.9 Å². The third-order valence-corrected chi connectivity index (χ3v) is 4.79. The SMILES string of the molecule is COc1cc(/C=C/N(C)C)c([N+](=O)[O-])c2c(-c3ccccc3Br)ccnc12. The lowest BCUT2D eigenvalue weighted by molar-refractivity contribution is -0.383. The molecule has 138 valence electrons. The highest BCUT2D eigenvalue weighted by Gasteiger charge is 2.25. The zero-order valence-corrected chi connectivity index (χ0v) is 16.7. The number of ether oxygens (including phenoxy) is 1. The van der Waals surface area contributed by atoms with Gasteiger partial charge in [-0.05, 0) is 36.0 Å². The van der Waals surface area contributed by atoms with E-state index in [2.05, 4.69) is 20.9 Å². The molecular formula is C20H18BrN3O3. The first-order valence-corrected chi connectivity index (χ1v) is 8.97. The normalized spacial score (nSPS) is 11.1. The zero-order chi connectivity index (χ0) is 19.6. The fourth-order valence-corrected chi connectivity index (χ4v) is 3.42. The van der Waals surface area contributed by atoms with Crippen LogP contribution in [0.15, 0.2) is 53.3 Å². The Kier molecular flexibility index (Phi) is 5.41. The molecule has 0 unspecified atom stereocenters. The van der Waals surface area contributed by atoms with Crippen molar-refractivity contribution >= 4 is 38.6 Å². The van der Waals surface area contributed by atoms with Crippen molar-refractivity contribution in [1.82, 2.24) is 9.88 Å². The van der Waals surface area contributed by atoms with Crippen molar-refractivity contribution < 1.29 is 9.66 Å². The van der Waals surface area contributed by atoms with E-state index in [0.29, 0.717) is 22.2 Å². The van der Waals surface area contributed by atoms with Gasteiger partial charge >= 0.3 is 0 Å². The minimum Gasteiger partial charge on any atom is -0.494 e. The second-order valence-electron chi connectivity index (χ2n) is 6.12. The first-order chi connectivity index (χ1) is 12.9. The Morgan fingerprint density at radius 1 is 1.22 bits per heavy atom. The number of hydrogen-bond donors (Lipinski definition) is 0. The van der Waals surface area contributed by atoms with Gasteiger partial charge in [0.25, 0.3) is 5.69 Å². The lowest BCUT2D eigenvalue weighted by Crippen LogP contribution is -2.02. The Bertz CT molecular complexity index is 1050. The number of fused-ring (bicyclic) bond motifs is 1. The van der Waals surface area contributed by atoms with Gasteiger partial charge in [-0.15, -0.1) is 0 Å². The van der Waals surface area contributed by atoms with Gasteiger partial charge in [0.1, 0.15) is 11.3 Å². The Labute approximate surface area is 165 Å². The molecule has 0 aliphatic rings. The van der Waals surface area contributed by atoms with Crippen LogP contribution < -0.4 is 4.74 Å². The fourth-order valence-electron chi connectivity index (χ4n) is 2.92. The summed E-state index contributed by atoms with van der Waals surface area (Å²) in [5.41, 5.74) is 2.49. The predicted octanol–water partition coefficient (Wildman–Crippen LogP) is 5.11. The fraction of sp³-hybridized carbons (Fsp3) is 0.150. The number of nitro benzene ring substituents is 1. The van der Waals surface area contributed by atoms with Gasteiger partial charge in [-0.25, -0.2) is 0 Å². The van der Waals surface area contributed by atoms with Gasteiger partial charge in [-0.3, -0.25) is 15.1 Å². The molecule has 3 rings (SSSR count). The molecule has 2 aromatic carbocycles. The van der Waals surface area contributed by atoms with Gasteiger partial charge < -0.3 is 9.64 Å². The third-order valence-electron chi connectivity index (χ3n) is 4.10. The Balaban J connectivity index is 2.47. The summed E-state index contributed by atoms with van der Waals surface area (Å²) in [6.45, 7) is 0. The molecule has 0 atom stereocenters. The molecule has 7 heteroatoms. The van der Waals surface area contributed by atoms with Crippen molar-refractivity contribution in [2.75, 3.05) is 21.2 Å². The average molecular weight is 428 g/mol. The third kappa shape index (κ3) is 3.64. The van der Waals surface area contributed by atoms with Gasteiger partial charge in [0.15, 0.2) is 0 Å². The molecule has 3 aromatic rings. The minimum atomic E-state index is -0.362. The van der Waals surface area contributed by atoms with Crippen molar-refractivity contribution in [3.8, 4) is 16.9 Å². The summed E-state index contributed by atoms with van der Waals surface area (Å²) in [5, 5.41) is 12.5. The monoisotopic (exact) mass is 427 g/mol. The van der Waals surface area contributed by atoms with Crippen LogP contribution in [0.3, 0.4) is 0 Å². The summed E-state index contributed by atoms with van der Waals surface area (Å²) in [5.74, 6) is 0.489. The second-order valence-corrected chi connectivity index (χ2v) is 6.97. The molecule has 6 nitrogen and oxygen atoms in total. The maximum absolute atomic E-state index is 12.0. The highest BCUT2D eigenvalue weighted by Crippen LogP contribution is 2.42. The van der Waals surface area contributed by atoms with E-state index in [1.807, 2.05) is 43.3 Å². The van der Waals surface area contributed by atoms with Crippen LogP contribution in [0.4, 0.5) is 5.69 Å². The molecular weight excluding hydrogens is 410 g/mol. The van der Waals surface area contributed by atoms with Crippen LogP contribution in [0, 0.1) is 10.1 Å². The number of nitrogens with zero attached hydrogens (tertiary/aromatic N) is 3. The summed E-state index contributed by atoms with van der Waals surface area (Å²) in [6, 6.07) is 11.0. The van der Waals surface area contributed by atoms with E-state index in [0.717, 1.165) is 15.6 Å². The molecule has 1 aromatic heterocycles. The number of rotatable bonds is 5. The van der Waals surface area contributed by atoms with Gasteiger partial charge in [-0.2, -0.15) is 0 Å². The van der Waals surface area contributed by atoms with Crippen LogP contribution in [0.2, 0.25) is 0 Å². The maximum Gasteiger partial charge on any atom is 0.286 e. The van der Waals surface area contributed by atoms with E-state index in [4.69, 9.17) is 4.74 Å². The molecule has 0 saturated heterocycles. The summed E-state index contributed by atoms with van der Waals surface area (Å²) in [4.78, 5) is 17.9. The van der Waals surface area contributed by atoms with Crippen LogP contribution in [-0.4, -0.2) is 36.0 Å². The minimum absolute atomic E-state index is 0.00255. The van der Waals surface area contributed by atoms with Crippen molar-refractivity contribution in [2.24, 2.45) is 0 Å². The van der Waals surface area contributed by atoms with Gasteiger partial charge in [0, 0.05) is 30.3 Å². The first kappa shape index (κ1) is 18.8. The second kappa shape index (κ2) is 7.75. The van der Waals surface area contributed by atoms with Crippen LogP contribution in [0.1, 0.15) is 5.56 Å². The van der Waals surface area contributed by atoms with E-state index in [-0.39, 0.29) is 10.6 Å². The molecule has 27 heavy (non-hydrogen) atoms. The lowest BCUT2D eigenvalue weighted by atomic mass is 9.97. The molecule has 0 aliphatic heterocycles. The van der Waals surface area contributed by atoms with Crippen molar-refractivity contribution in [1.29, 1.82) is 0 Å². The Morgan fingerprint density at radius 2 is 1.96 bits per heavy atom. The highest BCUT2D eigenvalue weighted by molar-refractivity contribution is 9.10. The van der Waals surface area contributed by atoms with Gasteiger partial charge in [0.05, 0.1) is 23.0 Å². The summed E-state index contributed by atoms with van der Waals surface area (Å²) >= 11 is 3.54. The van der Waals surface area contributed by atoms with Crippen LogP contribution in [-0.2, 0) is 0 Å². The van der Waals surface area contributed by atoms with Gasteiger partial charge in [-0.1, -0.05) is 34.1 Å². The molecule has 0 N–H and O–H groups in total. The van der Waals surface area contributed by atoms with Crippen molar-refractivity contribution in [2.45, 2.75) is 0 Å². The van der Waals surface area contributed by atoms with Gasteiger partial charge in [0.2, 0.25) is 0 Å². The lowest BCUT2D eigenvalue weighted by Gasteiger charge is -2.13. The van der Waals surface area contributed by atoms with E-state index in [1.165, 1.54) is 7.11 Å². The molecule has 0 saturated carbocycles. The zero-order valence-electron chi connectivity index (χ0n) is 15.1. The molecule has 1 heterocycles. The van der Waals surface area contributed by atoms with Crippen LogP contribution in [0.5, 0.6) is 5.75 Å². The number of halogens is 1. The quantitative estimate of drug-likeness (QED) is 0.417. The number of aromatic nitrogens is 1. The number of nitro groups is 1. The summed E-state index contributed by atoms with van der Waals surface area (Å²) in [7, 11) is 5.25. The topological polar surface area (TPSA) is 68.5 Å². The Morgan fingerprint density at radius 3 is 2.59 bits per heavy atom. The molecule has 0 radical (unpaired) electrons. The number of benzene rings is 2. The number of methoxy groups -OCH3 is 1. The molecule has 0 amide bonds. The highest BCUT2D eigenvalue weighted by atomic mass is 79.9. The van der Waals surface area contributed by atoms with Crippen molar-refractivity contribution in [3.63, 3.8) is 0 Å². The van der Waals surface area contributed by atoms with E-state index in [1.54, 1.807) is 30.6 Å². The standard InChI is InChI=1S/C20H18BrN3O3/c1-23(2)11-9-13-12-17(27-3)19-18(20(13)24(25)26)15(8-10-22-19)14-6-4-5-7-16(14)21/h4-12H,1-3H3/b11-9+. The number of pyridine rings is 1. The molecule has 0 fully saturated rings. The predicted molar refractivity (Wildman–Crippen MR) is 111 cm³/mol. The Hall–Kier alpha value is -2.93. The smallest absolute Gasteiger partial charge is 0.286 e. The van der Waals surface area contributed by atoms with Crippen molar-refractivity contribution in [3.05, 3.63) is 68.9 Å². The average Bonchev–Trinajstić information content (AvgIpc) is 2.65. The summed E-state index contributed by atoms with van der Waals surface area (Å²) in [6.07, 6.45) is 5.11. The molecule has 0 spiro atoms. The van der Waals surface area contributed by atoms with Crippen LogP contribution in [0.25, 0.3) is 28.1 Å². The largest absolute Gasteiger partial charge is 0.494 e. The van der Waals surface area contributed by atoms with E-state index in [9.17, 15) is 10.1 Å². The maximum atomic E-state index is 12.0. The van der Waals surface area contributed by atoms with E-state index < -0.39 is 0 Å². The first-order valence-electron chi connectivity index (χ1n) is 8.17. The summed E-state index contributed by atoms with van der Waals surface area (Å²) < 4.78 is 6.33. The molecule has 0 bridgehead atoms. The number of hydrogen-bond acceptors (Lipinski definition) is 5. The van der Waals surface area contributed by atoms with E-state index >= 15 is 0 Å².